The maximum atomic E-state index is 12.9. The van der Waals surface area contributed by atoms with Crippen LogP contribution in [0, 0.1) is 13.8 Å². The number of rotatable bonds is 4. The molecule has 2 aliphatic rings. The van der Waals surface area contributed by atoms with Crippen LogP contribution in [0.25, 0.3) is 0 Å². The van der Waals surface area contributed by atoms with Crippen molar-refractivity contribution in [2.45, 2.75) is 39.3 Å². The number of hydrogen-bond donors (Lipinski definition) is 1. The van der Waals surface area contributed by atoms with Gasteiger partial charge in [-0.3, -0.25) is 0 Å². The minimum atomic E-state index is -0.0638. The summed E-state index contributed by atoms with van der Waals surface area (Å²) < 4.78 is 0. The highest BCUT2D eigenvalue weighted by atomic mass is 16.2. The lowest BCUT2D eigenvalue weighted by molar-refractivity contribution is 0.139. The van der Waals surface area contributed by atoms with Gasteiger partial charge in [-0.15, -0.1) is 0 Å². The topological polar surface area (TPSA) is 55.9 Å². The van der Waals surface area contributed by atoms with Crippen molar-refractivity contribution in [1.29, 1.82) is 0 Å². The first-order chi connectivity index (χ1) is 14.5. The number of amides is 4. The first-order valence-electron chi connectivity index (χ1n) is 10.7. The molecule has 158 valence electrons. The van der Waals surface area contributed by atoms with Crippen molar-refractivity contribution in [3.8, 4) is 0 Å². The van der Waals surface area contributed by atoms with Gasteiger partial charge in [0.05, 0.1) is 0 Å². The molecule has 0 unspecified atom stereocenters. The predicted octanol–water partition coefficient (Wildman–Crippen LogP) is 4.24. The van der Waals surface area contributed by atoms with Gasteiger partial charge in [0.2, 0.25) is 0 Å². The summed E-state index contributed by atoms with van der Waals surface area (Å²) in [5.74, 6) is 0. The number of aryl methyl sites for hydroxylation is 2. The average molecular weight is 407 g/mol. The number of benzene rings is 2. The number of carbonyl (C=O) groups is 2. The van der Waals surface area contributed by atoms with Crippen LogP contribution in [0.3, 0.4) is 0 Å². The maximum Gasteiger partial charge on any atom is 0.321 e. The Morgan fingerprint density at radius 1 is 0.900 bits per heavy atom. The summed E-state index contributed by atoms with van der Waals surface area (Å²) in [7, 11) is 0. The molecule has 2 aromatic rings. The molecule has 2 saturated heterocycles. The molecule has 0 saturated carbocycles. The molecule has 2 heterocycles. The number of anilines is 1. The van der Waals surface area contributed by atoms with Gasteiger partial charge in [-0.05, 0) is 44.4 Å². The van der Waals surface area contributed by atoms with Gasteiger partial charge >= 0.3 is 12.1 Å². The second kappa shape index (κ2) is 8.78. The molecule has 1 N–H and O–H groups in total. The number of nitrogens with one attached hydrogen (secondary N) is 1. The number of carbonyl (C=O) groups excluding carboxylic acids is 2. The molecule has 0 aliphatic carbocycles. The Bertz CT molecular complexity index is 886. The summed E-state index contributed by atoms with van der Waals surface area (Å²) in [5.41, 5.74) is 4.37. The first kappa shape index (κ1) is 20.3. The molecule has 2 aliphatic heterocycles. The second-order valence-corrected chi connectivity index (χ2v) is 8.40. The molecule has 0 aromatic heterocycles. The zero-order chi connectivity index (χ0) is 21.1. The molecular weight excluding hydrogens is 376 g/mol. The normalized spacial score (nSPS) is 17.5. The molecule has 0 atom stereocenters. The van der Waals surface area contributed by atoms with E-state index in [1.54, 1.807) is 0 Å². The van der Waals surface area contributed by atoms with Crippen LogP contribution in [0.1, 0.15) is 29.5 Å². The highest BCUT2D eigenvalue weighted by Gasteiger charge is 2.35. The molecule has 4 rings (SSSR count). The molecule has 2 fully saturated rings. The van der Waals surface area contributed by atoms with E-state index in [4.69, 9.17) is 0 Å². The van der Waals surface area contributed by atoms with E-state index in [0.717, 1.165) is 31.6 Å². The van der Waals surface area contributed by atoms with Gasteiger partial charge in [-0.25, -0.2) is 9.59 Å². The minimum Gasteiger partial charge on any atom is -0.324 e. The predicted molar refractivity (Wildman–Crippen MR) is 118 cm³/mol. The summed E-state index contributed by atoms with van der Waals surface area (Å²) in [4.78, 5) is 31.3. The Morgan fingerprint density at radius 3 is 2.13 bits per heavy atom. The SMILES string of the molecule is Cc1ccc(CN2CCN(C3CCN(C(=O)Nc4ccc(C)cc4)CC3)C2=O)cc1. The summed E-state index contributed by atoms with van der Waals surface area (Å²) in [6.07, 6.45) is 1.65. The third-order valence-corrected chi connectivity index (χ3v) is 6.12. The van der Waals surface area contributed by atoms with Crippen molar-refractivity contribution in [3.05, 3.63) is 65.2 Å². The molecule has 0 spiro atoms. The van der Waals surface area contributed by atoms with E-state index < -0.39 is 0 Å². The molecular formula is C24H30N4O2. The van der Waals surface area contributed by atoms with Crippen LogP contribution in [0.2, 0.25) is 0 Å². The van der Waals surface area contributed by atoms with Crippen LogP contribution in [0.5, 0.6) is 0 Å². The van der Waals surface area contributed by atoms with Crippen LogP contribution < -0.4 is 5.32 Å². The summed E-state index contributed by atoms with van der Waals surface area (Å²) in [6, 6.07) is 16.5. The average Bonchev–Trinajstić information content (AvgIpc) is 3.11. The van der Waals surface area contributed by atoms with Gasteiger partial charge in [0, 0.05) is 44.5 Å². The molecule has 4 amide bonds. The molecule has 30 heavy (non-hydrogen) atoms. The standard InChI is InChI=1S/C24H30N4O2/c1-18-3-7-20(8-4-18)17-27-15-16-28(24(27)30)22-11-13-26(14-12-22)23(29)25-21-9-5-19(2)6-10-21/h3-10,22H,11-17H2,1-2H3,(H,25,29). The van der Waals surface area contributed by atoms with Gasteiger partial charge in [0.25, 0.3) is 0 Å². The third-order valence-electron chi connectivity index (χ3n) is 6.12. The lowest BCUT2D eigenvalue weighted by Gasteiger charge is -2.36. The van der Waals surface area contributed by atoms with Crippen LogP contribution in [-0.4, -0.2) is 59.0 Å². The Labute approximate surface area is 178 Å². The van der Waals surface area contributed by atoms with Crippen molar-refractivity contribution in [3.63, 3.8) is 0 Å². The van der Waals surface area contributed by atoms with Gasteiger partial charge in [0.15, 0.2) is 0 Å². The monoisotopic (exact) mass is 406 g/mol. The molecule has 6 heteroatoms. The Balaban J connectivity index is 1.27. The van der Waals surface area contributed by atoms with Crippen LogP contribution in [0.4, 0.5) is 15.3 Å². The van der Waals surface area contributed by atoms with Gasteiger partial charge < -0.3 is 20.0 Å². The number of piperidine rings is 1. The number of likely N-dealkylation sites (tertiary alicyclic amines) is 1. The van der Waals surface area contributed by atoms with E-state index >= 15 is 0 Å². The smallest absolute Gasteiger partial charge is 0.321 e. The minimum absolute atomic E-state index is 0.0638. The summed E-state index contributed by atoms with van der Waals surface area (Å²) >= 11 is 0. The Kier molecular flexibility index (Phi) is 5.93. The lowest BCUT2D eigenvalue weighted by atomic mass is 10.0. The summed E-state index contributed by atoms with van der Waals surface area (Å²) in [5, 5.41) is 2.97. The van der Waals surface area contributed by atoms with Crippen LogP contribution in [-0.2, 0) is 6.54 Å². The largest absolute Gasteiger partial charge is 0.324 e. The van der Waals surface area contributed by atoms with Gasteiger partial charge in [-0.1, -0.05) is 47.5 Å². The highest BCUT2D eigenvalue weighted by molar-refractivity contribution is 5.89. The van der Waals surface area contributed by atoms with E-state index in [2.05, 4.69) is 36.5 Å². The Hall–Kier alpha value is -3.02. The van der Waals surface area contributed by atoms with Crippen molar-refractivity contribution in [1.82, 2.24) is 14.7 Å². The van der Waals surface area contributed by atoms with Crippen LogP contribution in [0.15, 0.2) is 48.5 Å². The van der Waals surface area contributed by atoms with E-state index in [9.17, 15) is 9.59 Å². The number of urea groups is 2. The first-order valence-corrected chi connectivity index (χ1v) is 10.7. The Morgan fingerprint density at radius 2 is 1.50 bits per heavy atom. The van der Waals surface area contributed by atoms with Crippen molar-refractivity contribution < 1.29 is 9.59 Å². The lowest BCUT2D eigenvalue weighted by Crippen LogP contribution is -2.49. The molecule has 0 bridgehead atoms. The maximum absolute atomic E-state index is 12.9. The summed E-state index contributed by atoms with van der Waals surface area (Å²) in [6.45, 7) is 7.63. The zero-order valence-corrected chi connectivity index (χ0v) is 17.8. The van der Waals surface area contributed by atoms with Gasteiger partial charge in [-0.2, -0.15) is 0 Å². The van der Waals surface area contributed by atoms with E-state index in [-0.39, 0.29) is 18.1 Å². The van der Waals surface area contributed by atoms with Crippen molar-refractivity contribution in [2.75, 3.05) is 31.5 Å². The number of hydrogen-bond acceptors (Lipinski definition) is 2. The fourth-order valence-corrected chi connectivity index (χ4v) is 4.22. The highest BCUT2D eigenvalue weighted by Crippen LogP contribution is 2.23. The zero-order valence-electron chi connectivity index (χ0n) is 17.8. The van der Waals surface area contributed by atoms with Crippen molar-refractivity contribution in [2.24, 2.45) is 0 Å². The molecule has 0 radical (unpaired) electrons. The third kappa shape index (κ3) is 4.58. The van der Waals surface area contributed by atoms with E-state index in [1.807, 2.05) is 45.9 Å². The van der Waals surface area contributed by atoms with Crippen LogP contribution >= 0.6 is 0 Å². The number of nitrogens with zero attached hydrogens (tertiary/aromatic N) is 3. The fourth-order valence-electron chi connectivity index (χ4n) is 4.22. The molecule has 2 aromatic carbocycles. The fraction of sp³-hybridized carbons (Fsp3) is 0.417. The van der Waals surface area contributed by atoms with Crippen molar-refractivity contribution >= 4 is 17.7 Å². The second-order valence-electron chi connectivity index (χ2n) is 8.40. The van der Waals surface area contributed by atoms with Gasteiger partial charge in [0.1, 0.15) is 0 Å². The van der Waals surface area contributed by atoms with E-state index in [0.29, 0.717) is 19.6 Å². The quantitative estimate of drug-likeness (QED) is 0.826. The molecule has 6 nitrogen and oxygen atoms in total. The van der Waals surface area contributed by atoms with E-state index in [1.165, 1.54) is 16.7 Å².